The van der Waals surface area contributed by atoms with Gasteiger partial charge in [0, 0.05) is 5.56 Å². The molecule has 0 unspecified atom stereocenters. The molecule has 0 aromatic heterocycles. The summed E-state index contributed by atoms with van der Waals surface area (Å²) in [6.07, 6.45) is 1.76. The summed E-state index contributed by atoms with van der Waals surface area (Å²) in [5.74, 6) is -2.86. The van der Waals surface area contributed by atoms with Crippen molar-refractivity contribution in [3.05, 3.63) is 47.8 Å². The molecule has 22 heavy (non-hydrogen) atoms. The minimum atomic E-state index is -1.09. The maximum Gasteiger partial charge on any atom is 0.201 e. The number of rotatable bonds is 6. The molecule has 0 heterocycles. The van der Waals surface area contributed by atoms with Gasteiger partial charge in [-0.15, -0.1) is 0 Å². The van der Waals surface area contributed by atoms with E-state index >= 15 is 0 Å². The van der Waals surface area contributed by atoms with E-state index in [1.165, 1.54) is 31.4 Å². The van der Waals surface area contributed by atoms with E-state index in [1.54, 1.807) is 0 Å². The maximum absolute atomic E-state index is 14.0. The molecule has 0 aliphatic carbocycles. The zero-order chi connectivity index (χ0) is 16.1. The lowest BCUT2D eigenvalue weighted by Gasteiger charge is -2.10. The van der Waals surface area contributed by atoms with Crippen molar-refractivity contribution in [1.29, 1.82) is 0 Å². The fourth-order valence-electron chi connectivity index (χ4n) is 2.02. The highest BCUT2D eigenvalue weighted by molar-refractivity contribution is 5.66. The van der Waals surface area contributed by atoms with E-state index in [1.807, 2.05) is 6.92 Å². The Morgan fingerprint density at radius 3 is 2.32 bits per heavy atom. The largest absolute Gasteiger partial charge is 0.494 e. The van der Waals surface area contributed by atoms with Crippen LogP contribution in [0.1, 0.15) is 19.8 Å². The van der Waals surface area contributed by atoms with Gasteiger partial charge in [-0.3, -0.25) is 0 Å². The Kier molecular flexibility index (Phi) is 5.31. The van der Waals surface area contributed by atoms with Gasteiger partial charge in [0.15, 0.2) is 23.1 Å². The second kappa shape index (κ2) is 7.20. The smallest absolute Gasteiger partial charge is 0.201 e. The zero-order valence-corrected chi connectivity index (χ0v) is 12.5. The molecular weight excluding hydrogens is 293 g/mol. The first-order chi connectivity index (χ1) is 10.6. The van der Waals surface area contributed by atoms with Gasteiger partial charge in [-0.05, 0) is 36.2 Å². The Labute approximate surface area is 127 Å². The van der Waals surface area contributed by atoms with Crippen molar-refractivity contribution in [2.45, 2.75) is 19.8 Å². The molecule has 2 aromatic carbocycles. The predicted molar refractivity (Wildman–Crippen MR) is 78.7 cm³/mol. The Morgan fingerprint density at radius 1 is 0.955 bits per heavy atom. The van der Waals surface area contributed by atoms with E-state index in [2.05, 4.69) is 0 Å². The molecule has 0 spiro atoms. The van der Waals surface area contributed by atoms with Crippen LogP contribution in [0.3, 0.4) is 0 Å². The first kappa shape index (κ1) is 16.2. The fraction of sp³-hybridized carbons (Fsp3) is 0.294. The van der Waals surface area contributed by atoms with Crippen molar-refractivity contribution < 1.29 is 22.6 Å². The number of methoxy groups -OCH3 is 1. The molecule has 0 saturated heterocycles. The molecule has 0 aliphatic rings. The van der Waals surface area contributed by atoms with Gasteiger partial charge in [-0.2, -0.15) is 4.39 Å². The number of benzene rings is 2. The number of unbranched alkanes of at least 4 members (excludes halogenated alkanes) is 1. The normalized spacial score (nSPS) is 10.6. The van der Waals surface area contributed by atoms with Gasteiger partial charge in [0.25, 0.3) is 0 Å². The van der Waals surface area contributed by atoms with Crippen LogP contribution in [0.5, 0.6) is 11.5 Å². The predicted octanol–water partition coefficient (Wildman–Crippen LogP) is 4.96. The molecule has 2 rings (SSSR count). The lowest BCUT2D eigenvalue weighted by molar-refractivity contribution is 0.294. The van der Waals surface area contributed by atoms with Crippen molar-refractivity contribution >= 4 is 0 Å². The van der Waals surface area contributed by atoms with E-state index in [4.69, 9.17) is 9.47 Å². The zero-order valence-electron chi connectivity index (χ0n) is 12.5. The van der Waals surface area contributed by atoms with Crippen LogP contribution in [-0.2, 0) is 0 Å². The monoisotopic (exact) mass is 310 g/mol. The minimum Gasteiger partial charge on any atom is -0.494 e. The molecule has 0 bridgehead atoms. The second-order valence-corrected chi connectivity index (χ2v) is 4.79. The molecule has 0 radical (unpaired) electrons. The van der Waals surface area contributed by atoms with Gasteiger partial charge in [-0.25, -0.2) is 8.78 Å². The molecule has 0 saturated carbocycles. The quantitative estimate of drug-likeness (QED) is 0.702. The van der Waals surface area contributed by atoms with Gasteiger partial charge >= 0.3 is 0 Å². The molecule has 2 aromatic rings. The highest BCUT2D eigenvalue weighted by atomic mass is 19.2. The minimum absolute atomic E-state index is 0.0303. The SMILES string of the molecule is CCCCOc1ccc(-c2ccc(OC)c(F)c2F)cc1F. The number of hydrogen-bond acceptors (Lipinski definition) is 2. The maximum atomic E-state index is 14.0. The summed E-state index contributed by atoms with van der Waals surface area (Å²) >= 11 is 0. The average Bonchev–Trinajstić information content (AvgIpc) is 2.52. The van der Waals surface area contributed by atoms with Gasteiger partial charge in [0.05, 0.1) is 13.7 Å². The molecule has 0 N–H and O–H groups in total. The third-order valence-corrected chi connectivity index (χ3v) is 3.27. The van der Waals surface area contributed by atoms with Crippen LogP contribution in [0, 0.1) is 17.5 Å². The number of hydrogen-bond donors (Lipinski definition) is 0. The Hall–Kier alpha value is -2.17. The first-order valence-electron chi connectivity index (χ1n) is 7.03. The summed E-state index contributed by atoms with van der Waals surface area (Å²) in [6.45, 7) is 2.42. The van der Waals surface area contributed by atoms with Crippen molar-refractivity contribution in [1.82, 2.24) is 0 Å². The summed E-state index contributed by atoms with van der Waals surface area (Å²) in [5.41, 5.74) is 0.205. The van der Waals surface area contributed by atoms with Gasteiger partial charge in [-0.1, -0.05) is 19.4 Å². The third kappa shape index (κ3) is 3.35. The van der Waals surface area contributed by atoms with Gasteiger partial charge in [0.1, 0.15) is 0 Å². The van der Waals surface area contributed by atoms with Crippen LogP contribution in [0.2, 0.25) is 0 Å². The van der Waals surface area contributed by atoms with Crippen molar-refractivity contribution in [2.24, 2.45) is 0 Å². The summed E-state index contributed by atoms with van der Waals surface area (Å²) in [5, 5.41) is 0. The van der Waals surface area contributed by atoms with E-state index in [-0.39, 0.29) is 22.6 Å². The lowest BCUT2D eigenvalue weighted by Crippen LogP contribution is -1.99. The number of halogens is 3. The highest BCUT2D eigenvalue weighted by Gasteiger charge is 2.16. The Balaban J connectivity index is 2.30. The topological polar surface area (TPSA) is 18.5 Å². The van der Waals surface area contributed by atoms with Crippen LogP contribution in [0.4, 0.5) is 13.2 Å². The molecule has 0 atom stereocenters. The standard InChI is InChI=1S/C17H17F3O2/c1-3-4-9-22-14-7-5-11(10-13(14)18)12-6-8-15(21-2)17(20)16(12)19/h5-8,10H,3-4,9H2,1-2H3. The molecule has 0 aliphatic heterocycles. The summed E-state index contributed by atoms with van der Waals surface area (Å²) in [6, 6.07) is 6.70. The summed E-state index contributed by atoms with van der Waals surface area (Å²) in [4.78, 5) is 0. The van der Waals surface area contributed by atoms with Crippen LogP contribution in [0.25, 0.3) is 11.1 Å². The summed E-state index contributed by atoms with van der Waals surface area (Å²) < 4.78 is 51.7. The molecule has 0 fully saturated rings. The molecule has 2 nitrogen and oxygen atoms in total. The van der Waals surface area contributed by atoms with Crippen LogP contribution >= 0.6 is 0 Å². The average molecular weight is 310 g/mol. The third-order valence-electron chi connectivity index (χ3n) is 3.27. The van der Waals surface area contributed by atoms with Crippen LogP contribution < -0.4 is 9.47 Å². The van der Waals surface area contributed by atoms with Gasteiger partial charge < -0.3 is 9.47 Å². The molecular formula is C17H17F3O2. The highest BCUT2D eigenvalue weighted by Crippen LogP contribution is 2.31. The van der Waals surface area contributed by atoms with E-state index in [9.17, 15) is 13.2 Å². The van der Waals surface area contributed by atoms with E-state index < -0.39 is 17.5 Å². The fourth-order valence-corrected chi connectivity index (χ4v) is 2.02. The molecule has 5 heteroatoms. The van der Waals surface area contributed by atoms with Gasteiger partial charge in [0.2, 0.25) is 5.82 Å². The first-order valence-corrected chi connectivity index (χ1v) is 7.03. The molecule has 118 valence electrons. The van der Waals surface area contributed by atoms with Crippen molar-refractivity contribution in [3.63, 3.8) is 0 Å². The Morgan fingerprint density at radius 2 is 1.68 bits per heavy atom. The van der Waals surface area contributed by atoms with E-state index in [0.717, 1.165) is 18.9 Å². The molecule has 0 amide bonds. The van der Waals surface area contributed by atoms with Crippen molar-refractivity contribution in [3.8, 4) is 22.6 Å². The Bertz CT molecular complexity index is 657. The lowest BCUT2D eigenvalue weighted by atomic mass is 10.0. The second-order valence-electron chi connectivity index (χ2n) is 4.79. The summed E-state index contributed by atoms with van der Waals surface area (Å²) in [7, 11) is 1.25. The van der Waals surface area contributed by atoms with E-state index in [0.29, 0.717) is 6.61 Å². The number of ether oxygens (including phenoxy) is 2. The van der Waals surface area contributed by atoms with Crippen LogP contribution in [0.15, 0.2) is 30.3 Å². The van der Waals surface area contributed by atoms with Crippen LogP contribution in [-0.4, -0.2) is 13.7 Å². The van der Waals surface area contributed by atoms with Crippen molar-refractivity contribution in [2.75, 3.05) is 13.7 Å².